The minimum atomic E-state index is -0.712. The largest absolute Gasteiger partial charge is 0.465 e. The van der Waals surface area contributed by atoms with Gasteiger partial charge in [0.25, 0.3) is 0 Å². The Morgan fingerprint density at radius 3 is 2.65 bits per heavy atom. The number of hydrogen-bond acceptors (Lipinski definition) is 5. The molecule has 1 fully saturated rings. The third kappa shape index (κ3) is 3.33. The van der Waals surface area contributed by atoms with E-state index in [-0.39, 0.29) is 25.0 Å². The number of carbonyl (C=O) groups excluding carboxylic acids is 3. The molecule has 0 aliphatic carbocycles. The van der Waals surface area contributed by atoms with Crippen molar-refractivity contribution in [2.24, 2.45) is 0 Å². The van der Waals surface area contributed by atoms with Crippen molar-refractivity contribution in [3.8, 4) is 0 Å². The minimum absolute atomic E-state index is 0.0302. The highest BCUT2D eigenvalue weighted by Crippen LogP contribution is 2.11. The number of anilines is 1. The summed E-state index contributed by atoms with van der Waals surface area (Å²) in [6, 6.07) is 5.52. The van der Waals surface area contributed by atoms with Crippen LogP contribution in [0, 0.1) is 0 Å². The van der Waals surface area contributed by atoms with Crippen LogP contribution in [0.2, 0.25) is 0 Å². The monoisotopic (exact) mass is 278 g/mol. The molecule has 1 heterocycles. The van der Waals surface area contributed by atoms with E-state index in [9.17, 15) is 14.4 Å². The topological polar surface area (TPSA) is 93.7 Å². The molecule has 1 aromatic carbocycles. The van der Waals surface area contributed by atoms with Crippen LogP contribution in [0.4, 0.5) is 5.69 Å². The number of carbonyl (C=O) groups is 3. The van der Waals surface area contributed by atoms with Gasteiger partial charge in [0.2, 0.25) is 11.8 Å². The Bertz CT molecular complexity index is 526. The highest BCUT2D eigenvalue weighted by Gasteiger charge is 2.25. The van der Waals surface area contributed by atoms with E-state index in [0.717, 1.165) is 0 Å². The highest BCUT2D eigenvalue weighted by atomic mass is 16.5. The maximum atomic E-state index is 11.9. The molecule has 2 N–H and O–H groups in total. The Labute approximate surface area is 115 Å². The van der Waals surface area contributed by atoms with Gasteiger partial charge in [-0.1, -0.05) is 0 Å². The molecule has 0 aromatic heterocycles. The summed E-state index contributed by atoms with van der Waals surface area (Å²) >= 11 is 0. The SMILES string of the molecule is COC(=O)c1ccc(NC(=O)C2COCC(=O)N2)cc1. The summed E-state index contributed by atoms with van der Waals surface area (Å²) < 4.78 is 9.56. The Kier molecular flexibility index (Phi) is 4.31. The summed E-state index contributed by atoms with van der Waals surface area (Å²) in [5.41, 5.74) is 0.905. The first-order valence-corrected chi connectivity index (χ1v) is 5.96. The molecule has 1 unspecified atom stereocenters. The molecule has 1 aliphatic rings. The van der Waals surface area contributed by atoms with Gasteiger partial charge in [0.1, 0.15) is 12.6 Å². The van der Waals surface area contributed by atoms with E-state index in [0.29, 0.717) is 11.3 Å². The van der Waals surface area contributed by atoms with E-state index in [1.165, 1.54) is 19.2 Å². The van der Waals surface area contributed by atoms with E-state index in [2.05, 4.69) is 15.4 Å². The molecular formula is C13H14N2O5. The van der Waals surface area contributed by atoms with Gasteiger partial charge in [-0.05, 0) is 24.3 Å². The number of methoxy groups -OCH3 is 1. The van der Waals surface area contributed by atoms with Crippen LogP contribution in [-0.4, -0.2) is 44.1 Å². The summed E-state index contributed by atoms with van der Waals surface area (Å²) in [5, 5.41) is 5.16. The number of nitrogens with one attached hydrogen (secondary N) is 2. The summed E-state index contributed by atoms with van der Waals surface area (Å²) in [4.78, 5) is 34.3. The van der Waals surface area contributed by atoms with Gasteiger partial charge >= 0.3 is 5.97 Å². The van der Waals surface area contributed by atoms with Crippen molar-refractivity contribution in [3.63, 3.8) is 0 Å². The fourth-order valence-corrected chi connectivity index (χ4v) is 1.73. The third-order valence-corrected chi connectivity index (χ3v) is 2.74. The Morgan fingerprint density at radius 2 is 2.05 bits per heavy atom. The minimum Gasteiger partial charge on any atom is -0.465 e. The number of benzene rings is 1. The van der Waals surface area contributed by atoms with Gasteiger partial charge in [0.05, 0.1) is 19.3 Å². The van der Waals surface area contributed by atoms with Crippen molar-refractivity contribution in [1.82, 2.24) is 5.32 Å². The quantitative estimate of drug-likeness (QED) is 0.755. The van der Waals surface area contributed by atoms with Crippen molar-refractivity contribution < 1.29 is 23.9 Å². The number of ether oxygens (including phenoxy) is 2. The first-order valence-electron chi connectivity index (χ1n) is 5.96. The normalized spacial score (nSPS) is 18.1. The number of morpholine rings is 1. The Balaban J connectivity index is 1.97. The average molecular weight is 278 g/mol. The molecule has 7 heteroatoms. The molecule has 0 spiro atoms. The zero-order valence-electron chi connectivity index (χ0n) is 10.8. The van der Waals surface area contributed by atoms with Gasteiger partial charge in [-0.25, -0.2) is 4.79 Å². The number of amides is 2. The number of esters is 1. The van der Waals surface area contributed by atoms with Crippen LogP contribution in [0.1, 0.15) is 10.4 Å². The second-order valence-electron chi connectivity index (χ2n) is 4.19. The van der Waals surface area contributed by atoms with E-state index in [1.807, 2.05) is 0 Å². The zero-order valence-corrected chi connectivity index (χ0v) is 10.8. The predicted octanol–water partition coefficient (Wildman–Crippen LogP) is -0.0733. The lowest BCUT2D eigenvalue weighted by Crippen LogP contribution is -2.51. The van der Waals surface area contributed by atoms with Gasteiger partial charge in [-0.2, -0.15) is 0 Å². The predicted molar refractivity (Wildman–Crippen MR) is 69.2 cm³/mol. The second kappa shape index (κ2) is 6.16. The zero-order chi connectivity index (χ0) is 14.5. The fourth-order valence-electron chi connectivity index (χ4n) is 1.73. The second-order valence-corrected chi connectivity index (χ2v) is 4.19. The van der Waals surface area contributed by atoms with Gasteiger partial charge in [0.15, 0.2) is 0 Å². The van der Waals surface area contributed by atoms with Crippen molar-refractivity contribution in [1.29, 1.82) is 0 Å². The summed E-state index contributed by atoms with van der Waals surface area (Å²) in [6.07, 6.45) is 0. The van der Waals surface area contributed by atoms with Crippen LogP contribution in [-0.2, 0) is 19.1 Å². The van der Waals surface area contributed by atoms with Crippen molar-refractivity contribution >= 4 is 23.5 Å². The van der Waals surface area contributed by atoms with E-state index >= 15 is 0 Å². The molecule has 0 saturated carbocycles. The van der Waals surface area contributed by atoms with Gasteiger partial charge in [-0.3, -0.25) is 9.59 Å². The summed E-state index contributed by atoms with van der Waals surface area (Å²) in [6.45, 7) is 0.107. The highest BCUT2D eigenvalue weighted by molar-refractivity contribution is 5.98. The maximum Gasteiger partial charge on any atom is 0.337 e. The van der Waals surface area contributed by atoms with Crippen molar-refractivity contribution in [2.45, 2.75) is 6.04 Å². The molecule has 2 amide bonds. The van der Waals surface area contributed by atoms with Crippen molar-refractivity contribution in [3.05, 3.63) is 29.8 Å². The molecule has 7 nitrogen and oxygen atoms in total. The molecular weight excluding hydrogens is 264 g/mol. The molecule has 0 radical (unpaired) electrons. The van der Waals surface area contributed by atoms with Gasteiger partial charge < -0.3 is 20.1 Å². The summed E-state index contributed by atoms with van der Waals surface area (Å²) in [5.74, 6) is -1.14. The molecule has 20 heavy (non-hydrogen) atoms. The van der Waals surface area contributed by atoms with E-state index in [1.54, 1.807) is 12.1 Å². The van der Waals surface area contributed by atoms with Crippen molar-refractivity contribution in [2.75, 3.05) is 25.6 Å². The Morgan fingerprint density at radius 1 is 1.35 bits per heavy atom. The Hall–Kier alpha value is -2.41. The lowest BCUT2D eigenvalue weighted by molar-refractivity contribution is -0.136. The first-order chi connectivity index (χ1) is 9.60. The summed E-state index contributed by atoms with van der Waals surface area (Å²) in [7, 11) is 1.30. The average Bonchev–Trinajstić information content (AvgIpc) is 2.47. The molecule has 1 aliphatic heterocycles. The van der Waals surface area contributed by atoms with Gasteiger partial charge in [0, 0.05) is 5.69 Å². The van der Waals surface area contributed by atoms with Crippen LogP contribution in [0.3, 0.4) is 0 Å². The standard InChI is InChI=1S/C13H14N2O5/c1-19-13(18)8-2-4-9(5-3-8)14-12(17)10-6-20-7-11(16)15-10/h2-5,10H,6-7H2,1H3,(H,14,17)(H,15,16). The fraction of sp³-hybridized carbons (Fsp3) is 0.308. The van der Waals surface area contributed by atoms with Crippen LogP contribution in [0.15, 0.2) is 24.3 Å². The molecule has 106 valence electrons. The van der Waals surface area contributed by atoms with Crippen LogP contribution >= 0.6 is 0 Å². The molecule has 0 bridgehead atoms. The first kappa shape index (κ1) is 14.0. The van der Waals surface area contributed by atoms with Crippen LogP contribution in [0.5, 0.6) is 0 Å². The number of hydrogen-bond donors (Lipinski definition) is 2. The molecule has 1 saturated heterocycles. The van der Waals surface area contributed by atoms with Crippen LogP contribution < -0.4 is 10.6 Å². The lowest BCUT2D eigenvalue weighted by Gasteiger charge is -2.22. The lowest BCUT2D eigenvalue weighted by atomic mass is 10.2. The molecule has 1 aromatic rings. The molecule has 2 rings (SSSR count). The smallest absolute Gasteiger partial charge is 0.337 e. The van der Waals surface area contributed by atoms with E-state index in [4.69, 9.17) is 4.74 Å². The third-order valence-electron chi connectivity index (χ3n) is 2.74. The number of rotatable bonds is 3. The van der Waals surface area contributed by atoms with Gasteiger partial charge in [-0.15, -0.1) is 0 Å². The molecule has 1 atom stereocenters. The maximum absolute atomic E-state index is 11.9. The van der Waals surface area contributed by atoms with Crippen LogP contribution in [0.25, 0.3) is 0 Å². The van der Waals surface area contributed by atoms with E-state index < -0.39 is 12.0 Å².